The Hall–Kier alpha value is -1.20. The second-order valence-electron chi connectivity index (χ2n) is 4.46. The van der Waals surface area contributed by atoms with Crippen molar-refractivity contribution >= 4 is 27.5 Å². The monoisotopic (exact) mass is 378 g/mol. The van der Waals surface area contributed by atoms with Crippen LogP contribution in [0.3, 0.4) is 0 Å². The van der Waals surface area contributed by atoms with Gasteiger partial charge in [0.2, 0.25) is 0 Å². The van der Waals surface area contributed by atoms with Gasteiger partial charge in [0.1, 0.15) is 11.5 Å². The fourth-order valence-electron chi connectivity index (χ4n) is 1.82. The molecule has 0 saturated heterocycles. The van der Waals surface area contributed by atoms with E-state index in [-0.39, 0.29) is 17.2 Å². The topological polar surface area (TPSA) is 9.23 Å². The van der Waals surface area contributed by atoms with E-state index in [4.69, 9.17) is 16.3 Å². The summed E-state index contributed by atoms with van der Waals surface area (Å²) in [6, 6.07) is 8.98. The Labute approximate surface area is 133 Å². The highest BCUT2D eigenvalue weighted by atomic mass is 79.9. The second kappa shape index (κ2) is 6.28. The Morgan fingerprint density at radius 3 is 2.29 bits per heavy atom. The summed E-state index contributed by atoms with van der Waals surface area (Å²) in [6.45, 7) is 1.87. The van der Waals surface area contributed by atoms with Crippen LogP contribution in [0.1, 0.15) is 16.7 Å². The summed E-state index contributed by atoms with van der Waals surface area (Å²) in [5.41, 5.74) is 0.188. The van der Waals surface area contributed by atoms with Crippen LogP contribution >= 0.6 is 27.5 Å². The van der Waals surface area contributed by atoms with E-state index < -0.39 is 11.7 Å². The van der Waals surface area contributed by atoms with Gasteiger partial charge in [0, 0.05) is 10.4 Å². The van der Waals surface area contributed by atoms with Gasteiger partial charge in [0.15, 0.2) is 0 Å². The first-order valence-corrected chi connectivity index (χ1v) is 7.34. The van der Waals surface area contributed by atoms with Gasteiger partial charge in [-0.1, -0.05) is 22.0 Å². The highest BCUT2D eigenvalue weighted by Gasteiger charge is 2.33. The lowest BCUT2D eigenvalue weighted by Crippen LogP contribution is -2.08. The normalized spacial score (nSPS) is 11.5. The van der Waals surface area contributed by atoms with Crippen LogP contribution in [0.15, 0.2) is 40.9 Å². The molecule has 0 unspecified atom stereocenters. The Morgan fingerprint density at radius 2 is 1.71 bits per heavy atom. The van der Waals surface area contributed by atoms with E-state index in [1.54, 1.807) is 18.2 Å². The molecule has 0 aromatic heterocycles. The molecule has 0 aliphatic rings. The van der Waals surface area contributed by atoms with Crippen molar-refractivity contribution in [1.82, 2.24) is 0 Å². The molecule has 0 atom stereocenters. The minimum absolute atomic E-state index is 0.0310. The fraction of sp³-hybridized carbons (Fsp3) is 0.200. The minimum Gasteiger partial charge on any atom is -0.457 e. The Bertz CT molecular complexity index is 656. The van der Waals surface area contributed by atoms with Gasteiger partial charge in [0.25, 0.3) is 0 Å². The maximum atomic E-state index is 13.0. The maximum absolute atomic E-state index is 13.0. The number of hydrogen-bond acceptors (Lipinski definition) is 1. The van der Waals surface area contributed by atoms with Crippen molar-refractivity contribution in [1.29, 1.82) is 0 Å². The van der Waals surface area contributed by atoms with Crippen LogP contribution in [0, 0.1) is 6.92 Å². The van der Waals surface area contributed by atoms with Gasteiger partial charge in [-0.25, -0.2) is 0 Å². The highest BCUT2D eigenvalue weighted by Crippen LogP contribution is 2.36. The smallest absolute Gasteiger partial charge is 0.416 e. The van der Waals surface area contributed by atoms with E-state index in [0.717, 1.165) is 16.1 Å². The third-order valence-corrected chi connectivity index (χ3v) is 4.07. The van der Waals surface area contributed by atoms with Crippen LogP contribution < -0.4 is 4.74 Å². The molecule has 1 nitrogen and oxygen atoms in total. The van der Waals surface area contributed by atoms with Crippen LogP contribution in [0.5, 0.6) is 11.5 Å². The van der Waals surface area contributed by atoms with Crippen LogP contribution in [-0.4, -0.2) is 0 Å². The number of ether oxygens (including phenoxy) is 1. The van der Waals surface area contributed by atoms with Gasteiger partial charge in [-0.3, -0.25) is 0 Å². The molecular weight excluding hydrogens is 369 g/mol. The van der Waals surface area contributed by atoms with Crippen LogP contribution in [0.4, 0.5) is 13.2 Å². The third-order valence-electron chi connectivity index (χ3n) is 2.90. The molecule has 0 amide bonds. The van der Waals surface area contributed by atoms with Gasteiger partial charge in [-0.15, -0.1) is 11.6 Å². The van der Waals surface area contributed by atoms with Gasteiger partial charge in [-0.2, -0.15) is 13.2 Å². The van der Waals surface area contributed by atoms with E-state index in [9.17, 15) is 13.2 Å². The predicted octanol–water partition coefficient (Wildman–Crippen LogP) is 6.31. The first kappa shape index (κ1) is 16.2. The average molecular weight is 380 g/mol. The minimum atomic E-state index is -4.46. The molecule has 0 N–H and O–H groups in total. The van der Waals surface area contributed by atoms with E-state index in [1.165, 1.54) is 12.1 Å². The molecule has 2 rings (SSSR count). The maximum Gasteiger partial charge on any atom is 0.416 e. The van der Waals surface area contributed by atoms with Crippen molar-refractivity contribution in [2.24, 2.45) is 0 Å². The second-order valence-corrected chi connectivity index (χ2v) is 5.58. The number of rotatable bonds is 3. The Balaban J connectivity index is 2.34. The van der Waals surface area contributed by atoms with Crippen molar-refractivity contribution in [2.75, 3.05) is 0 Å². The number of benzene rings is 2. The Morgan fingerprint density at radius 1 is 1.10 bits per heavy atom. The SMILES string of the molecule is Cc1cc(Oc2ccc(CCl)c(C(F)(F)F)c2)ccc1Br. The first-order valence-electron chi connectivity index (χ1n) is 6.01. The van der Waals surface area contributed by atoms with Gasteiger partial charge in [-0.05, 0) is 48.4 Å². The molecule has 6 heteroatoms. The van der Waals surface area contributed by atoms with E-state index in [0.29, 0.717) is 5.75 Å². The quantitative estimate of drug-likeness (QED) is 0.568. The van der Waals surface area contributed by atoms with Crippen LogP contribution in [0.2, 0.25) is 0 Å². The largest absolute Gasteiger partial charge is 0.457 e. The molecule has 0 radical (unpaired) electrons. The fourth-order valence-corrected chi connectivity index (χ4v) is 2.30. The van der Waals surface area contributed by atoms with E-state index in [2.05, 4.69) is 15.9 Å². The van der Waals surface area contributed by atoms with Gasteiger partial charge >= 0.3 is 6.18 Å². The van der Waals surface area contributed by atoms with Crippen molar-refractivity contribution in [3.8, 4) is 11.5 Å². The average Bonchev–Trinajstić information content (AvgIpc) is 2.42. The molecule has 2 aromatic rings. The lowest BCUT2D eigenvalue weighted by Gasteiger charge is -2.14. The summed E-state index contributed by atoms with van der Waals surface area (Å²) in [5.74, 6) is 0.396. The van der Waals surface area contributed by atoms with Gasteiger partial charge < -0.3 is 4.74 Å². The zero-order valence-electron chi connectivity index (χ0n) is 11.0. The lowest BCUT2D eigenvalue weighted by atomic mass is 10.1. The summed E-state index contributed by atoms with van der Waals surface area (Å²) >= 11 is 8.90. The first-order chi connectivity index (χ1) is 9.81. The van der Waals surface area contributed by atoms with Crippen molar-refractivity contribution < 1.29 is 17.9 Å². The summed E-state index contributed by atoms with van der Waals surface area (Å²) in [6.07, 6.45) is -4.46. The zero-order chi connectivity index (χ0) is 15.6. The molecule has 0 aliphatic heterocycles. The van der Waals surface area contributed by atoms with Crippen molar-refractivity contribution in [2.45, 2.75) is 19.0 Å². The molecule has 0 aliphatic carbocycles. The summed E-state index contributed by atoms with van der Waals surface area (Å²) in [5, 5.41) is 0. The molecule has 0 spiro atoms. The summed E-state index contributed by atoms with van der Waals surface area (Å²) in [7, 11) is 0. The van der Waals surface area contributed by atoms with Gasteiger partial charge in [0.05, 0.1) is 5.56 Å². The summed E-state index contributed by atoms with van der Waals surface area (Å²) in [4.78, 5) is 0. The molecule has 0 fully saturated rings. The lowest BCUT2D eigenvalue weighted by molar-refractivity contribution is -0.138. The predicted molar refractivity (Wildman–Crippen MR) is 80.0 cm³/mol. The van der Waals surface area contributed by atoms with Crippen molar-refractivity contribution in [3.05, 3.63) is 57.6 Å². The van der Waals surface area contributed by atoms with Crippen molar-refractivity contribution in [3.63, 3.8) is 0 Å². The standard InChI is InChI=1S/C15H11BrClF3O/c1-9-6-11(4-5-14(9)16)21-12-3-2-10(8-17)13(7-12)15(18,19)20/h2-7H,8H2,1H3. The van der Waals surface area contributed by atoms with Crippen LogP contribution in [0.25, 0.3) is 0 Å². The number of halogens is 5. The molecule has 0 bridgehead atoms. The van der Waals surface area contributed by atoms with E-state index >= 15 is 0 Å². The number of aryl methyl sites for hydroxylation is 1. The van der Waals surface area contributed by atoms with Crippen LogP contribution in [-0.2, 0) is 12.1 Å². The molecule has 112 valence electrons. The molecule has 0 saturated carbocycles. The molecule has 0 heterocycles. The van der Waals surface area contributed by atoms with E-state index in [1.807, 2.05) is 6.92 Å². The summed E-state index contributed by atoms with van der Waals surface area (Å²) < 4.78 is 45.2. The molecule has 2 aromatic carbocycles. The Kier molecular flexibility index (Phi) is 4.84. The third kappa shape index (κ3) is 3.92. The highest BCUT2D eigenvalue weighted by molar-refractivity contribution is 9.10. The number of hydrogen-bond donors (Lipinski definition) is 0. The zero-order valence-corrected chi connectivity index (χ0v) is 13.3. The molecule has 21 heavy (non-hydrogen) atoms. The molecular formula is C15H11BrClF3O. The number of alkyl halides is 4.